The summed E-state index contributed by atoms with van der Waals surface area (Å²) >= 11 is 0. The number of hydrogen-bond acceptors (Lipinski definition) is 3. The first kappa shape index (κ1) is 12.4. The summed E-state index contributed by atoms with van der Waals surface area (Å²) in [5.41, 5.74) is 4.87. The molecule has 17 heavy (non-hydrogen) atoms. The monoisotopic (exact) mass is 240 g/mol. The van der Waals surface area contributed by atoms with Crippen LogP contribution in [0.1, 0.15) is 44.9 Å². The molecule has 2 saturated heterocycles. The van der Waals surface area contributed by atoms with Crippen LogP contribution in [0.4, 0.5) is 0 Å². The number of nitrogens with zero attached hydrogens (tertiary/aromatic N) is 1. The molecule has 2 rings (SSSR count). The van der Waals surface area contributed by atoms with Crippen LogP contribution in [0.15, 0.2) is 0 Å². The fourth-order valence-corrected chi connectivity index (χ4v) is 3.07. The molecule has 5 heteroatoms. The lowest BCUT2D eigenvalue weighted by Crippen LogP contribution is -2.56. The van der Waals surface area contributed by atoms with Crippen molar-refractivity contribution in [1.82, 2.24) is 4.90 Å². The van der Waals surface area contributed by atoms with Crippen LogP contribution in [0.25, 0.3) is 0 Å². The number of carboxylic acids is 1. The van der Waals surface area contributed by atoms with E-state index in [1.54, 1.807) is 0 Å². The summed E-state index contributed by atoms with van der Waals surface area (Å²) in [6.45, 7) is 0.541. The Bertz CT molecular complexity index is 332. The Balaban J connectivity index is 2.31. The standard InChI is InChI=1S/C12H20N2O3/c13-9-5-2-1-3-6-12(11(16)17)7-4-8-14(12)10(9)15/h9H,1-8,13H2,(H,16,17)/t9-,12-/m0/s1. The minimum Gasteiger partial charge on any atom is -0.479 e. The van der Waals surface area contributed by atoms with Gasteiger partial charge in [0.05, 0.1) is 6.04 Å². The van der Waals surface area contributed by atoms with Crippen molar-refractivity contribution in [2.45, 2.75) is 56.5 Å². The van der Waals surface area contributed by atoms with Crippen LogP contribution >= 0.6 is 0 Å². The van der Waals surface area contributed by atoms with Gasteiger partial charge in [0.25, 0.3) is 0 Å². The Labute approximate surface area is 101 Å². The Morgan fingerprint density at radius 2 is 2.00 bits per heavy atom. The molecule has 2 aliphatic rings. The molecule has 0 aliphatic carbocycles. The van der Waals surface area contributed by atoms with Gasteiger partial charge in [-0.25, -0.2) is 4.79 Å². The SMILES string of the molecule is N[C@H]1CCCCC[C@@]2(C(=O)O)CCCN2C1=O. The highest BCUT2D eigenvalue weighted by atomic mass is 16.4. The van der Waals surface area contributed by atoms with Crippen LogP contribution in [0, 0.1) is 0 Å². The highest BCUT2D eigenvalue weighted by Gasteiger charge is 2.50. The molecule has 0 radical (unpaired) electrons. The first-order valence-corrected chi connectivity index (χ1v) is 6.38. The predicted molar refractivity (Wildman–Crippen MR) is 62.4 cm³/mol. The van der Waals surface area contributed by atoms with Gasteiger partial charge in [-0.15, -0.1) is 0 Å². The number of nitrogens with two attached hydrogens (primary N) is 1. The summed E-state index contributed by atoms with van der Waals surface area (Å²) in [7, 11) is 0. The summed E-state index contributed by atoms with van der Waals surface area (Å²) in [5, 5.41) is 9.48. The molecule has 96 valence electrons. The molecule has 3 N–H and O–H groups in total. The molecule has 2 heterocycles. The van der Waals surface area contributed by atoms with Gasteiger partial charge in [0.1, 0.15) is 5.54 Å². The van der Waals surface area contributed by atoms with Gasteiger partial charge >= 0.3 is 5.97 Å². The molecule has 0 unspecified atom stereocenters. The van der Waals surface area contributed by atoms with Gasteiger partial charge in [0.2, 0.25) is 5.91 Å². The largest absolute Gasteiger partial charge is 0.479 e. The molecule has 2 fully saturated rings. The number of hydrogen-bond donors (Lipinski definition) is 2. The van der Waals surface area contributed by atoms with Crippen LogP contribution in [0.5, 0.6) is 0 Å². The molecule has 0 aromatic carbocycles. The van der Waals surface area contributed by atoms with E-state index in [4.69, 9.17) is 5.73 Å². The maximum Gasteiger partial charge on any atom is 0.329 e. The molecule has 0 saturated carbocycles. The average molecular weight is 240 g/mol. The van der Waals surface area contributed by atoms with Crippen molar-refractivity contribution < 1.29 is 14.7 Å². The second-order valence-electron chi connectivity index (χ2n) is 5.14. The third-order valence-corrected chi connectivity index (χ3v) is 4.08. The van der Waals surface area contributed by atoms with Crippen LogP contribution < -0.4 is 5.73 Å². The highest BCUT2D eigenvalue weighted by Crippen LogP contribution is 2.36. The third-order valence-electron chi connectivity index (χ3n) is 4.08. The zero-order chi connectivity index (χ0) is 12.5. The number of fused-ring (bicyclic) bond motifs is 1. The zero-order valence-corrected chi connectivity index (χ0v) is 10.0. The van der Waals surface area contributed by atoms with Crippen molar-refractivity contribution in [3.05, 3.63) is 0 Å². The zero-order valence-electron chi connectivity index (χ0n) is 10.0. The molecule has 0 bridgehead atoms. The number of carbonyl (C=O) groups is 2. The van der Waals surface area contributed by atoms with Gasteiger partial charge in [-0.2, -0.15) is 0 Å². The van der Waals surface area contributed by atoms with E-state index in [1.165, 1.54) is 4.90 Å². The van der Waals surface area contributed by atoms with Crippen LogP contribution in [0.3, 0.4) is 0 Å². The van der Waals surface area contributed by atoms with Crippen molar-refractivity contribution in [2.24, 2.45) is 5.73 Å². The van der Waals surface area contributed by atoms with E-state index in [9.17, 15) is 14.7 Å². The molecule has 0 spiro atoms. The van der Waals surface area contributed by atoms with Gasteiger partial charge in [-0.3, -0.25) is 4.79 Å². The van der Waals surface area contributed by atoms with Crippen molar-refractivity contribution >= 4 is 11.9 Å². The molecule has 2 atom stereocenters. The van der Waals surface area contributed by atoms with Gasteiger partial charge in [0.15, 0.2) is 0 Å². The Hall–Kier alpha value is -1.10. The molecular weight excluding hydrogens is 220 g/mol. The molecule has 2 aliphatic heterocycles. The van der Waals surface area contributed by atoms with Crippen molar-refractivity contribution in [3.8, 4) is 0 Å². The van der Waals surface area contributed by atoms with E-state index < -0.39 is 17.6 Å². The smallest absolute Gasteiger partial charge is 0.329 e. The van der Waals surface area contributed by atoms with E-state index in [0.717, 1.165) is 25.7 Å². The second-order valence-corrected chi connectivity index (χ2v) is 5.14. The highest BCUT2D eigenvalue weighted by molar-refractivity contribution is 5.90. The quantitative estimate of drug-likeness (QED) is 0.707. The number of aliphatic carboxylic acids is 1. The minimum atomic E-state index is -0.973. The molecule has 0 aromatic rings. The van der Waals surface area contributed by atoms with E-state index in [-0.39, 0.29) is 5.91 Å². The third kappa shape index (κ3) is 2.04. The minimum absolute atomic E-state index is 0.174. The maximum atomic E-state index is 12.2. The number of carboxylic acid groups (broad SMARTS) is 1. The van der Waals surface area contributed by atoms with E-state index >= 15 is 0 Å². The lowest BCUT2D eigenvalue weighted by atomic mass is 9.89. The van der Waals surface area contributed by atoms with Crippen LogP contribution in [0.2, 0.25) is 0 Å². The van der Waals surface area contributed by atoms with Crippen molar-refractivity contribution in [1.29, 1.82) is 0 Å². The van der Waals surface area contributed by atoms with Gasteiger partial charge in [-0.05, 0) is 25.7 Å². The first-order valence-electron chi connectivity index (χ1n) is 6.38. The van der Waals surface area contributed by atoms with Crippen molar-refractivity contribution in [3.63, 3.8) is 0 Å². The summed E-state index contributed by atoms with van der Waals surface area (Å²) < 4.78 is 0. The van der Waals surface area contributed by atoms with Gasteiger partial charge in [-0.1, -0.05) is 19.3 Å². The van der Waals surface area contributed by atoms with Crippen LogP contribution in [-0.2, 0) is 9.59 Å². The maximum absolute atomic E-state index is 12.2. The summed E-state index contributed by atoms with van der Waals surface area (Å²) in [4.78, 5) is 25.3. The van der Waals surface area contributed by atoms with E-state index in [0.29, 0.717) is 25.8 Å². The Morgan fingerprint density at radius 3 is 2.71 bits per heavy atom. The van der Waals surface area contributed by atoms with Gasteiger partial charge in [0, 0.05) is 6.54 Å². The van der Waals surface area contributed by atoms with Crippen LogP contribution in [-0.4, -0.2) is 40.0 Å². The molecular formula is C12H20N2O3. The van der Waals surface area contributed by atoms with E-state index in [2.05, 4.69) is 0 Å². The number of carbonyl (C=O) groups excluding carboxylic acids is 1. The van der Waals surface area contributed by atoms with Crippen molar-refractivity contribution in [2.75, 3.05) is 6.54 Å². The summed E-state index contributed by atoms with van der Waals surface area (Å²) in [5.74, 6) is -1.04. The fraction of sp³-hybridized carbons (Fsp3) is 0.833. The number of amides is 1. The average Bonchev–Trinajstić information content (AvgIpc) is 2.72. The molecule has 5 nitrogen and oxygen atoms in total. The lowest BCUT2D eigenvalue weighted by Gasteiger charge is -2.35. The number of rotatable bonds is 1. The Morgan fingerprint density at radius 1 is 1.29 bits per heavy atom. The second kappa shape index (κ2) is 4.64. The molecule has 1 amide bonds. The summed E-state index contributed by atoms with van der Waals surface area (Å²) in [6, 6.07) is -0.523. The predicted octanol–water partition coefficient (Wildman–Crippen LogP) is 0.724. The van der Waals surface area contributed by atoms with Gasteiger partial charge < -0.3 is 15.7 Å². The van der Waals surface area contributed by atoms with E-state index in [1.807, 2.05) is 0 Å². The summed E-state index contributed by atoms with van der Waals surface area (Å²) in [6.07, 6.45) is 5.32. The topological polar surface area (TPSA) is 83.6 Å². The first-order chi connectivity index (χ1) is 8.08. The fourth-order valence-electron chi connectivity index (χ4n) is 3.07. The Kier molecular flexibility index (Phi) is 3.38. The molecule has 0 aromatic heterocycles. The normalized spacial score (nSPS) is 34.8. The lowest BCUT2D eigenvalue weighted by molar-refractivity contribution is -0.157.